The zero-order valence-corrected chi connectivity index (χ0v) is 15.1. The molecule has 0 atom stereocenters. The highest BCUT2D eigenvalue weighted by Crippen LogP contribution is 2.24. The van der Waals surface area contributed by atoms with Crippen molar-refractivity contribution in [1.29, 1.82) is 0 Å². The van der Waals surface area contributed by atoms with Crippen LogP contribution in [0.15, 0.2) is 54.1 Å². The number of anilines is 1. The van der Waals surface area contributed by atoms with E-state index in [1.807, 2.05) is 24.3 Å². The van der Waals surface area contributed by atoms with Crippen LogP contribution in [0.4, 0.5) is 10.5 Å². The Balaban J connectivity index is 1.95. The van der Waals surface area contributed by atoms with E-state index in [-0.39, 0.29) is 5.57 Å². The zero-order chi connectivity index (χ0) is 18.8. The van der Waals surface area contributed by atoms with Crippen molar-refractivity contribution in [3.05, 3.63) is 70.3 Å². The second-order valence-electron chi connectivity index (χ2n) is 6.26. The summed E-state index contributed by atoms with van der Waals surface area (Å²) in [4.78, 5) is 38.0. The van der Waals surface area contributed by atoms with E-state index in [0.29, 0.717) is 22.2 Å². The third-order valence-electron chi connectivity index (χ3n) is 4.10. The molecule has 3 rings (SSSR count). The average Bonchev–Trinajstić information content (AvgIpc) is 2.60. The van der Waals surface area contributed by atoms with Crippen molar-refractivity contribution in [3.8, 4) is 0 Å². The Kier molecular flexibility index (Phi) is 4.91. The number of benzene rings is 2. The van der Waals surface area contributed by atoms with Crippen LogP contribution in [0.25, 0.3) is 6.08 Å². The van der Waals surface area contributed by atoms with E-state index in [1.54, 1.807) is 24.3 Å². The minimum absolute atomic E-state index is 0.100. The highest BCUT2D eigenvalue weighted by atomic mass is 35.5. The van der Waals surface area contributed by atoms with Crippen LogP contribution in [0.3, 0.4) is 0 Å². The molecule has 1 aliphatic heterocycles. The summed E-state index contributed by atoms with van der Waals surface area (Å²) in [6.45, 7) is 4.17. The van der Waals surface area contributed by atoms with Crippen molar-refractivity contribution in [2.45, 2.75) is 19.8 Å². The van der Waals surface area contributed by atoms with Crippen molar-refractivity contribution < 1.29 is 14.4 Å². The van der Waals surface area contributed by atoms with Crippen LogP contribution in [-0.4, -0.2) is 17.8 Å². The minimum Gasteiger partial charge on any atom is -0.273 e. The highest BCUT2D eigenvalue weighted by Gasteiger charge is 2.36. The Morgan fingerprint density at radius 1 is 0.962 bits per heavy atom. The molecule has 1 heterocycles. The number of halogens is 1. The van der Waals surface area contributed by atoms with Crippen LogP contribution in [0.5, 0.6) is 0 Å². The summed E-state index contributed by atoms with van der Waals surface area (Å²) >= 11 is 5.85. The Bertz CT molecular complexity index is 900. The van der Waals surface area contributed by atoms with Gasteiger partial charge in [-0.25, -0.2) is 9.69 Å². The first-order valence-electron chi connectivity index (χ1n) is 8.14. The minimum atomic E-state index is -0.783. The Hall–Kier alpha value is -2.92. The van der Waals surface area contributed by atoms with E-state index in [9.17, 15) is 14.4 Å². The standard InChI is InChI=1S/C20H17ClN2O3/c1-12(2)14-5-3-13(4-6-14)11-17-18(24)22-20(26)23(19(17)25)16-9-7-15(21)8-10-16/h3-12H,1-2H3,(H,22,24,26)/b17-11+. The van der Waals surface area contributed by atoms with Gasteiger partial charge < -0.3 is 0 Å². The monoisotopic (exact) mass is 368 g/mol. The lowest BCUT2D eigenvalue weighted by atomic mass is 10.0. The normalized spacial score (nSPS) is 16.4. The number of imide groups is 2. The fourth-order valence-electron chi connectivity index (χ4n) is 2.63. The van der Waals surface area contributed by atoms with Crippen molar-refractivity contribution in [2.24, 2.45) is 0 Å². The van der Waals surface area contributed by atoms with Gasteiger partial charge >= 0.3 is 6.03 Å². The molecular formula is C20H17ClN2O3. The van der Waals surface area contributed by atoms with E-state index >= 15 is 0 Å². The number of urea groups is 1. The lowest BCUT2D eigenvalue weighted by molar-refractivity contribution is -0.122. The summed E-state index contributed by atoms with van der Waals surface area (Å²) in [6.07, 6.45) is 1.48. The quantitative estimate of drug-likeness (QED) is 0.654. The van der Waals surface area contributed by atoms with E-state index in [4.69, 9.17) is 11.6 Å². The van der Waals surface area contributed by atoms with Crippen LogP contribution >= 0.6 is 11.6 Å². The molecule has 4 amide bonds. The molecule has 6 heteroatoms. The lowest BCUT2D eigenvalue weighted by Crippen LogP contribution is -2.54. The number of nitrogens with one attached hydrogen (secondary N) is 1. The maximum Gasteiger partial charge on any atom is 0.335 e. The number of amides is 4. The molecule has 1 fully saturated rings. The highest BCUT2D eigenvalue weighted by molar-refractivity contribution is 6.39. The van der Waals surface area contributed by atoms with Gasteiger partial charge in [-0.1, -0.05) is 49.7 Å². The Morgan fingerprint density at radius 2 is 1.58 bits per heavy atom. The number of carbonyl (C=O) groups excluding carboxylic acids is 3. The first-order valence-corrected chi connectivity index (χ1v) is 8.51. The summed E-state index contributed by atoms with van der Waals surface area (Å²) in [5, 5.41) is 2.68. The molecule has 0 unspecified atom stereocenters. The Labute approximate surface area is 156 Å². The molecule has 1 saturated heterocycles. The van der Waals surface area contributed by atoms with Gasteiger partial charge in [-0.15, -0.1) is 0 Å². The number of barbiturate groups is 1. The number of nitrogens with zero attached hydrogens (tertiary/aromatic N) is 1. The maximum absolute atomic E-state index is 12.8. The molecule has 0 aromatic heterocycles. The Morgan fingerprint density at radius 3 is 2.15 bits per heavy atom. The largest absolute Gasteiger partial charge is 0.335 e. The summed E-state index contributed by atoms with van der Waals surface area (Å²) in [5.74, 6) is -0.999. The fraction of sp³-hybridized carbons (Fsp3) is 0.150. The smallest absolute Gasteiger partial charge is 0.273 e. The maximum atomic E-state index is 12.8. The third kappa shape index (κ3) is 3.53. The first kappa shape index (κ1) is 17.9. The molecule has 132 valence electrons. The molecular weight excluding hydrogens is 352 g/mol. The summed E-state index contributed by atoms with van der Waals surface area (Å²) in [5.41, 5.74) is 2.10. The van der Waals surface area contributed by atoms with Crippen molar-refractivity contribution >= 4 is 41.2 Å². The number of carbonyl (C=O) groups is 3. The van der Waals surface area contributed by atoms with E-state index < -0.39 is 17.8 Å². The van der Waals surface area contributed by atoms with Gasteiger partial charge in [-0.3, -0.25) is 14.9 Å². The topological polar surface area (TPSA) is 66.5 Å². The molecule has 2 aromatic rings. The third-order valence-corrected chi connectivity index (χ3v) is 4.35. The van der Waals surface area contributed by atoms with Gasteiger partial charge in [0.25, 0.3) is 11.8 Å². The molecule has 1 aliphatic rings. The molecule has 0 spiro atoms. The zero-order valence-electron chi connectivity index (χ0n) is 14.3. The van der Waals surface area contributed by atoms with E-state index in [0.717, 1.165) is 10.5 Å². The fourth-order valence-corrected chi connectivity index (χ4v) is 2.75. The number of hydrogen-bond donors (Lipinski definition) is 1. The van der Waals surface area contributed by atoms with Gasteiger partial charge in [-0.05, 0) is 47.4 Å². The van der Waals surface area contributed by atoms with Crippen molar-refractivity contribution in [2.75, 3.05) is 4.90 Å². The molecule has 0 aliphatic carbocycles. The molecule has 0 radical (unpaired) electrons. The molecule has 0 saturated carbocycles. The van der Waals surface area contributed by atoms with E-state index in [1.165, 1.54) is 6.08 Å². The van der Waals surface area contributed by atoms with Gasteiger partial charge in [0.2, 0.25) is 0 Å². The lowest BCUT2D eigenvalue weighted by Gasteiger charge is -2.26. The van der Waals surface area contributed by atoms with Crippen molar-refractivity contribution in [1.82, 2.24) is 5.32 Å². The number of hydrogen-bond acceptors (Lipinski definition) is 3. The second-order valence-corrected chi connectivity index (χ2v) is 6.69. The average molecular weight is 369 g/mol. The van der Waals surface area contributed by atoms with Crippen LogP contribution in [0.2, 0.25) is 5.02 Å². The van der Waals surface area contributed by atoms with Crippen LogP contribution in [0.1, 0.15) is 30.9 Å². The predicted molar refractivity (Wildman–Crippen MR) is 101 cm³/mol. The van der Waals surface area contributed by atoms with Gasteiger partial charge in [0, 0.05) is 5.02 Å². The van der Waals surface area contributed by atoms with Crippen LogP contribution < -0.4 is 10.2 Å². The summed E-state index contributed by atoms with van der Waals surface area (Å²) in [7, 11) is 0. The van der Waals surface area contributed by atoms with Gasteiger partial charge in [0.1, 0.15) is 5.57 Å². The van der Waals surface area contributed by atoms with Gasteiger partial charge in [0.15, 0.2) is 0 Å². The molecule has 5 nitrogen and oxygen atoms in total. The summed E-state index contributed by atoms with van der Waals surface area (Å²) in [6, 6.07) is 13.0. The van der Waals surface area contributed by atoms with Crippen LogP contribution in [0, 0.1) is 0 Å². The van der Waals surface area contributed by atoms with Crippen molar-refractivity contribution in [3.63, 3.8) is 0 Å². The number of rotatable bonds is 3. The molecule has 2 aromatic carbocycles. The molecule has 1 N–H and O–H groups in total. The first-order chi connectivity index (χ1) is 12.4. The summed E-state index contributed by atoms with van der Waals surface area (Å²) < 4.78 is 0. The van der Waals surface area contributed by atoms with Gasteiger partial charge in [0.05, 0.1) is 5.69 Å². The SMILES string of the molecule is CC(C)c1ccc(/C=C2\C(=O)NC(=O)N(c3ccc(Cl)cc3)C2=O)cc1. The van der Waals surface area contributed by atoms with Crippen LogP contribution in [-0.2, 0) is 9.59 Å². The van der Waals surface area contributed by atoms with Gasteiger partial charge in [-0.2, -0.15) is 0 Å². The molecule has 0 bridgehead atoms. The second kappa shape index (κ2) is 7.14. The molecule has 26 heavy (non-hydrogen) atoms. The predicted octanol–water partition coefficient (Wildman–Crippen LogP) is 4.13. The van der Waals surface area contributed by atoms with E-state index in [2.05, 4.69) is 19.2 Å².